The molecule has 4 rings (SSSR count). The van der Waals surface area contributed by atoms with Gasteiger partial charge in [-0.25, -0.2) is 0 Å². The Kier molecular flexibility index (Phi) is 3.53. The first kappa shape index (κ1) is 14.3. The van der Waals surface area contributed by atoms with Crippen molar-refractivity contribution in [2.45, 2.75) is 23.8 Å². The number of thioether (sulfide) groups is 1. The first-order chi connectivity index (χ1) is 11.2. The number of nitrogens with zero attached hydrogens (tertiary/aromatic N) is 4. The molecule has 0 fully saturated rings. The predicted octanol–water partition coefficient (Wildman–Crippen LogP) is 2.80. The fourth-order valence-corrected chi connectivity index (χ4v) is 3.80. The van der Waals surface area contributed by atoms with E-state index in [0.717, 1.165) is 29.5 Å². The number of hydrogen-bond donors (Lipinski definition) is 0. The van der Waals surface area contributed by atoms with E-state index in [-0.39, 0.29) is 11.2 Å². The van der Waals surface area contributed by atoms with Gasteiger partial charge in [-0.2, -0.15) is 0 Å². The third kappa shape index (κ3) is 2.49. The lowest BCUT2D eigenvalue weighted by Gasteiger charge is -2.20. The van der Waals surface area contributed by atoms with Crippen molar-refractivity contribution in [1.82, 2.24) is 14.6 Å². The summed E-state index contributed by atoms with van der Waals surface area (Å²) in [5.74, 6) is 0.118. The van der Waals surface area contributed by atoms with Crippen molar-refractivity contribution in [2.24, 2.45) is 0 Å². The summed E-state index contributed by atoms with van der Waals surface area (Å²) in [4.78, 5) is 14.7. The Hall–Kier alpha value is -2.34. The summed E-state index contributed by atoms with van der Waals surface area (Å²) in [5, 5.41) is 8.86. The number of anilines is 1. The molecule has 1 atom stereocenters. The minimum absolute atomic E-state index is 0.118. The number of amides is 1. The Balaban J connectivity index is 1.56. The van der Waals surface area contributed by atoms with Crippen LogP contribution >= 0.6 is 11.8 Å². The van der Waals surface area contributed by atoms with Crippen molar-refractivity contribution in [1.29, 1.82) is 0 Å². The number of fused-ring (bicyclic) bond motifs is 2. The summed E-state index contributed by atoms with van der Waals surface area (Å²) in [6.07, 6.45) is 2.84. The van der Waals surface area contributed by atoms with Crippen molar-refractivity contribution in [2.75, 3.05) is 11.4 Å². The van der Waals surface area contributed by atoms with Gasteiger partial charge in [-0.05, 0) is 37.1 Å². The monoisotopic (exact) mass is 324 g/mol. The van der Waals surface area contributed by atoms with E-state index in [0.29, 0.717) is 0 Å². The molecule has 5 nitrogen and oxygen atoms in total. The van der Waals surface area contributed by atoms with Gasteiger partial charge in [0.25, 0.3) is 0 Å². The minimum Gasteiger partial charge on any atom is -0.311 e. The van der Waals surface area contributed by atoms with Crippen LogP contribution in [0.25, 0.3) is 5.65 Å². The van der Waals surface area contributed by atoms with Crippen molar-refractivity contribution in [3.63, 3.8) is 0 Å². The van der Waals surface area contributed by atoms with Gasteiger partial charge in [-0.15, -0.1) is 10.2 Å². The van der Waals surface area contributed by atoms with E-state index in [1.807, 2.05) is 58.8 Å². The molecule has 0 bridgehead atoms. The highest BCUT2D eigenvalue weighted by Gasteiger charge is 2.29. The zero-order valence-electron chi connectivity index (χ0n) is 12.7. The second kappa shape index (κ2) is 5.70. The minimum atomic E-state index is -0.214. The molecule has 23 heavy (non-hydrogen) atoms. The number of pyridine rings is 1. The Bertz CT molecular complexity index is 876. The quantitative estimate of drug-likeness (QED) is 0.695. The van der Waals surface area contributed by atoms with Crippen LogP contribution in [0.3, 0.4) is 0 Å². The topological polar surface area (TPSA) is 50.5 Å². The van der Waals surface area contributed by atoms with E-state index in [1.54, 1.807) is 0 Å². The van der Waals surface area contributed by atoms with Crippen LogP contribution in [0.4, 0.5) is 5.69 Å². The van der Waals surface area contributed by atoms with Gasteiger partial charge in [0.15, 0.2) is 10.8 Å². The number of benzene rings is 1. The van der Waals surface area contributed by atoms with Crippen LogP contribution < -0.4 is 4.90 Å². The molecular formula is C17H16N4OS. The molecule has 0 aliphatic carbocycles. The molecule has 3 aromatic rings. The molecule has 0 saturated heterocycles. The average molecular weight is 324 g/mol. The zero-order chi connectivity index (χ0) is 15.8. The number of hydrogen-bond acceptors (Lipinski definition) is 4. The highest BCUT2D eigenvalue weighted by molar-refractivity contribution is 8.00. The average Bonchev–Trinajstić information content (AvgIpc) is 3.19. The van der Waals surface area contributed by atoms with E-state index < -0.39 is 0 Å². The summed E-state index contributed by atoms with van der Waals surface area (Å²) in [7, 11) is 0. The third-order valence-electron chi connectivity index (χ3n) is 4.07. The molecule has 6 heteroatoms. The van der Waals surface area contributed by atoms with Gasteiger partial charge in [0.05, 0.1) is 5.25 Å². The lowest BCUT2D eigenvalue weighted by molar-refractivity contribution is -0.117. The van der Waals surface area contributed by atoms with Gasteiger partial charge in [-0.3, -0.25) is 9.20 Å². The maximum atomic E-state index is 12.8. The second-order valence-electron chi connectivity index (χ2n) is 5.54. The fourth-order valence-electron chi connectivity index (χ4n) is 2.89. The molecule has 1 aliphatic heterocycles. The molecule has 116 valence electrons. The van der Waals surface area contributed by atoms with Crippen molar-refractivity contribution < 1.29 is 4.79 Å². The molecule has 1 amide bonds. The fraction of sp³-hybridized carbons (Fsp3) is 0.235. The smallest absolute Gasteiger partial charge is 0.240 e. The summed E-state index contributed by atoms with van der Waals surface area (Å²) < 4.78 is 1.91. The predicted molar refractivity (Wildman–Crippen MR) is 90.8 cm³/mol. The van der Waals surface area contributed by atoms with Crippen LogP contribution in [0, 0.1) is 0 Å². The molecule has 0 spiro atoms. The number of para-hydroxylation sites is 1. The largest absolute Gasteiger partial charge is 0.311 e. The Morgan fingerprint density at radius 3 is 2.91 bits per heavy atom. The highest BCUT2D eigenvalue weighted by Crippen LogP contribution is 2.31. The van der Waals surface area contributed by atoms with Crippen LogP contribution in [0.1, 0.15) is 12.5 Å². The standard InChI is InChI=1S/C17H16N4OS/c1-12(23-17-19-18-15-8-4-5-10-21(15)17)16(22)20-11-9-13-6-2-3-7-14(13)20/h2-8,10,12H,9,11H2,1H3/t12-/m1/s1. The van der Waals surface area contributed by atoms with E-state index in [1.165, 1.54) is 17.3 Å². The second-order valence-corrected chi connectivity index (χ2v) is 6.85. The molecule has 3 heterocycles. The van der Waals surface area contributed by atoms with Gasteiger partial charge < -0.3 is 4.90 Å². The number of carbonyl (C=O) groups excluding carboxylic acids is 1. The lowest BCUT2D eigenvalue weighted by Crippen LogP contribution is -2.35. The molecule has 0 N–H and O–H groups in total. The van der Waals surface area contributed by atoms with Crippen LogP contribution in [-0.2, 0) is 11.2 Å². The van der Waals surface area contributed by atoms with E-state index in [9.17, 15) is 4.79 Å². The summed E-state index contributed by atoms with van der Waals surface area (Å²) in [5.41, 5.74) is 3.07. The molecule has 0 unspecified atom stereocenters. The molecule has 1 aliphatic rings. The maximum Gasteiger partial charge on any atom is 0.240 e. The zero-order valence-corrected chi connectivity index (χ0v) is 13.5. The van der Waals surface area contributed by atoms with Gasteiger partial charge in [0.2, 0.25) is 5.91 Å². The number of carbonyl (C=O) groups is 1. The van der Waals surface area contributed by atoms with Crippen molar-refractivity contribution >= 4 is 29.0 Å². The maximum absolute atomic E-state index is 12.8. The highest BCUT2D eigenvalue weighted by atomic mass is 32.2. The van der Waals surface area contributed by atoms with Gasteiger partial charge >= 0.3 is 0 Å². The van der Waals surface area contributed by atoms with Gasteiger partial charge in [-0.1, -0.05) is 36.0 Å². The van der Waals surface area contributed by atoms with Crippen molar-refractivity contribution in [3.05, 3.63) is 54.2 Å². The number of rotatable bonds is 3. The van der Waals surface area contributed by atoms with Crippen LogP contribution in [-0.4, -0.2) is 32.3 Å². The van der Waals surface area contributed by atoms with Gasteiger partial charge in [0, 0.05) is 18.4 Å². The molecule has 2 aromatic heterocycles. The normalized spacial score (nSPS) is 14.9. The summed E-state index contributed by atoms with van der Waals surface area (Å²) >= 11 is 1.45. The molecule has 1 aromatic carbocycles. The Labute approximate surface area is 138 Å². The molecular weight excluding hydrogens is 308 g/mol. The first-order valence-corrected chi connectivity index (χ1v) is 8.48. The lowest BCUT2D eigenvalue weighted by atomic mass is 10.2. The van der Waals surface area contributed by atoms with Gasteiger partial charge in [0.1, 0.15) is 0 Å². The van der Waals surface area contributed by atoms with Crippen LogP contribution in [0.15, 0.2) is 53.8 Å². The molecule has 0 saturated carbocycles. The van der Waals surface area contributed by atoms with E-state index >= 15 is 0 Å². The summed E-state index contributed by atoms with van der Waals surface area (Å²) in [6.45, 7) is 2.68. The Morgan fingerprint density at radius 1 is 1.17 bits per heavy atom. The number of aromatic nitrogens is 3. The molecule has 0 radical (unpaired) electrons. The van der Waals surface area contributed by atoms with E-state index in [2.05, 4.69) is 16.3 Å². The SMILES string of the molecule is C[C@@H](Sc1nnc2ccccn12)C(=O)N1CCc2ccccc21. The Morgan fingerprint density at radius 2 is 2.00 bits per heavy atom. The first-order valence-electron chi connectivity index (χ1n) is 7.60. The van der Waals surface area contributed by atoms with Crippen molar-refractivity contribution in [3.8, 4) is 0 Å². The van der Waals surface area contributed by atoms with E-state index in [4.69, 9.17) is 0 Å². The van der Waals surface area contributed by atoms with Crippen LogP contribution in [0.5, 0.6) is 0 Å². The van der Waals surface area contributed by atoms with Crippen LogP contribution in [0.2, 0.25) is 0 Å². The summed E-state index contributed by atoms with van der Waals surface area (Å²) in [6, 6.07) is 13.9. The third-order valence-corrected chi connectivity index (χ3v) is 5.11.